The third-order valence-electron chi connectivity index (χ3n) is 3.24. The van der Waals surface area contributed by atoms with Crippen LogP contribution < -0.4 is 11.5 Å². The van der Waals surface area contributed by atoms with Gasteiger partial charge in [0.15, 0.2) is 0 Å². The molecule has 2 atom stereocenters. The second kappa shape index (κ2) is 7.36. The Morgan fingerprint density at radius 2 is 1.05 bits per heavy atom. The van der Waals surface area contributed by atoms with Crippen molar-refractivity contribution in [3.63, 3.8) is 0 Å². The summed E-state index contributed by atoms with van der Waals surface area (Å²) in [5.41, 5.74) is 14.2. The molecule has 2 aromatic rings. The molecule has 0 saturated carbocycles. The van der Waals surface area contributed by atoms with Gasteiger partial charge in [0.05, 0.1) is 0 Å². The van der Waals surface area contributed by atoms with Crippen molar-refractivity contribution in [2.75, 3.05) is 11.5 Å². The number of rotatable bonds is 6. The number of aromatic hydroxyl groups is 2. The monoisotopic (exact) mass is 304 g/mol. The van der Waals surface area contributed by atoms with Gasteiger partial charge in [0.1, 0.15) is 11.5 Å². The van der Waals surface area contributed by atoms with Crippen LogP contribution in [-0.4, -0.2) is 21.7 Å². The van der Waals surface area contributed by atoms with E-state index in [-0.39, 0.29) is 23.6 Å². The van der Waals surface area contributed by atoms with E-state index in [0.717, 1.165) is 22.6 Å². The Morgan fingerprint density at radius 3 is 1.38 bits per heavy atom. The number of phenols is 2. The van der Waals surface area contributed by atoms with E-state index in [4.69, 9.17) is 11.5 Å². The van der Waals surface area contributed by atoms with E-state index in [2.05, 4.69) is 0 Å². The van der Waals surface area contributed by atoms with E-state index >= 15 is 0 Å². The fourth-order valence-electron chi connectivity index (χ4n) is 1.96. The molecule has 0 saturated heterocycles. The Bertz CT molecular complexity index is 506. The predicted octanol–water partition coefficient (Wildman–Crippen LogP) is 2.53. The third-order valence-corrected chi connectivity index (χ3v) is 4.43. The normalized spacial score (nSPS) is 13.8. The summed E-state index contributed by atoms with van der Waals surface area (Å²) in [5, 5.41) is 18.5. The van der Waals surface area contributed by atoms with Crippen molar-refractivity contribution in [3.05, 3.63) is 59.7 Å². The molecule has 2 rings (SSSR count). The molecule has 0 aliphatic heterocycles. The van der Waals surface area contributed by atoms with E-state index in [1.807, 2.05) is 24.3 Å². The highest BCUT2D eigenvalue weighted by molar-refractivity contribution is 7.99. The number of hydrogen-bond acceptors (Lipinski definition) is 5. The molecule has 2 aromatic carbocycles. The van der Waals surface area contributed by atoms with Crippen molar-refractivity contribution in [1.82, 2.24) is 0 Å². The van der Waals surface area contributed by atoms with Crippen molar-refractivity contribution < 1.29 is 10.2 Å². The van der Waals surface area contributed by atoms with Gasteiger partial charge in [0, 0.05) is 23.6 Å². The predicted molar refractivity (Wildman–Crippen MR) is 87.4 cm³/mol. The van der Waals surface area contributed by atoms with Gasteiger partial charge in [-0.2, -0.15) is 11.8 Å². The average Bonchev–Trinajstić information content (AvgIpc) is 2.48. The van der Waals surface area contributed by atoms with Gasteiger partial charge in [0.25, 0.3) is 0 Å². The molecule has 6 N–H and O–H groups in total. The van der Waals surface area contributed by atoms with Gasteiger partial charge < -0.3 is 21.7 Å². The Hall–Kier alpha value is -1.69. The SMILES string of the molecule is NC(CSCC(N)c1ccc(O)cc1)c1ccc(O)cc1. The molecule has 5 heteroatoms. The van der Waals surface area contributed by atoms with Crippen LogP contribution >= 0.6 is 11.8 Å². The van der Waals surface area contributed by atoms with E-state index in [1.54, 1.807) is 36.0 Å². The van der Waals surface area contributed by atoms with Crippen LogP contribution in [0.15, 0.2) is 48.5 Å². The number of nitrogens with two attached hydrogens (primary N) is 2. The van der Waals surface area contributed by atoms with Crippen LogP contribution in [0.2, 0.25) is 0 Å². The molecule has 112 valence electrons. The Morgan fingerprint density at radius 1 is 0.714 bits per heavy atom. The second-order valence-electron chi connectivity index (χ2n) is 4.93. The molecule has 0 radical (unpaired) electrons. The average molecular weight is 304 g/mol. The Kier molecular flexibility index (Phi) is 5.50. The Balaban J connectivity index is 1.80. The number of benzene rings is 2. The smallest absolute Gasteiger partial charge is 0.115 e. The van der Waals surface area contributed by atoms with Crippen molar-refractivity contribution >= 4 is 11.8 Å². The fourth-order valence-corrected chi connectivity index (χ4v) is 2.99. The molecule has 0 spiro atoms. The lowest BCUT2D eigenvalue weighted by Gasteiger charge is -2.15. The molecule has 2 unspecified atom stereocenters. The lowest BCUT2D eigenvalue weighted by atomic mass is 10.1. The first-order valence-electron chi connectivity index (χ1n) is 6.73. The summed E-state index contributed by atoms with van der Waals surface area (Å²) in [6, 6.07) is 13.7. The van der Waals surface area contributed by atoms with Gasteiger partial charge >= 0.3 is 0 Å². The second-order valence-corrected chi connectivity index (χ2v) is 6.01. The zero-order valence-electron chi connectivity index (χ0n) is 11.6. The summed E-state index contributed by atoms with van der Waals surface area (Å²) < 4.78 is 0. The van der Waals surface area contributed by atoms with Crippen LogP contribution in [0.3, 0.4) is 0 Å². The third kappa shape index (κ3) is 4.67. The molecule has 0 heterocycles. The molecule has 0 aliphatic carbocycles. The van der Waals surface area contributed by atoms with E-state index in [1.165, 1.54) is 0 Å². The van der Waals surface area contributed by atoms with E-state index < -0.39 is 0 Å². The molecular formula is C16H20N2O2S. The summed E-state index contributed by atoms with van der Waals surface area (Å²) in [6.07, 6.45) is 0. The maximum absolute atomic E-state index is 9.25. The highest BCUT2D eigenvalue weighted by Crippen LogP contribution is 2.22. The summed E-state index contributed by atoms with van der Waals surface area (Å²) >= 11 is 1.69. The minimum Gasteiger partial charge on any atom is -0.508 e. The minimum absolute atomic E-state index is 0.0809. The van der Waals surface area contributed by atoms with Gasteiger partial charge in [-0.3, -0.25) is 0 Å². The molecule has 4 nitrogen and oxygen atoms in total. The lowest BCUT2D eigenvalue weighted by molar-refractivity contribution is 0.474. The van der Waals surface area contributed by atoms with Crippen molar-refractivity contribution in [2.45, 2.75) is 12.1 Å². The van der Waals surface area contributed by atoms with Crippen molar-refractivity contribution in [1.29, 1.82) is 0 Å². The van der Waals surface area contributed by atoms with Crippen molar-refractivity contribution in [3.8, 4) is 11.5 Å². The van der Waals surface area contributed by atoms with Gasteiger partial charge in [-0.25, -0.2) is 0 Å². The van der Waals surface area contributed by atoms with Crippen LogP contribution in [0.25, 0.3) is 0 Å². The van der Waals surface area contributed by atoms with Gasteiger partial charge in [-0.15, -0.1) is 0 Å². The zero-order chi connectivity index (χ0) is 15.2. The largest absolute Gasteiger partial charge is 0.508 e. The quantitative estimate of drug-likeness (QED) is 0.658. The maximum atomic E-state index is 9.25. The molecule has 21 heavy (non-hydrogen) atoms. The fraction of sp³-hybridized carbons (Fsp3) is 0.250. The van der Waals surface area contributed by atoms with Crippen LogP contribution in [0.1, 0.15) is 23.2 Å². The first kappa shape index (κ1) is 15.7. The molecule has 0 bridgehead atoms. The van der Waals surface area contributed by atoms with E-state index in [0.29, 0.717) is 0 Å². The van der Waals surface area contributed by atoms with Gasteiger partial charge in [0.2, 0.25) is 0 Å². The first-order chi connectivity index (χ1) is 10.1. The summed E-state index contributed by atoms with van der Waals surface area (Å²) in [5.74, 6) is 2.01. The highest BCUT2D eigenvalue weighted by Gasteiger charge is 2.10. The van der Waals surface area contributed by atoms with Crippen LogP contribution in [0.4, 0.5) is 0 Å². The highest BCUT2D eigenvalue weighted by atomic mass is 32.2. The molecule has 0 aromatic heterocycles. The van der Waals surface area contributed by atoms with Crippen LogP contribution in [0.5, 0.6) is 11.5 Å². The lowest BCUT2D eigenvalue weighted by Crippen LogP contribution is -2.17. The molecule has 0 fully saturated rings. The number of phenolic OH excluding ortho intramolecular Hbond substituents is 2. The first-order valence-corrected chi connectivity index (χ1v) is 7.88. The number of thioether (sulfide) groups is 1. The standard InChI is InChI=1S/C16H20N2O2S/c17-15(11-1-5-13(19)6-2-11)9-21-10-16(18)12-3-7-14(20)8-4-12/h1-8,15-16,19-20H,9-10,17-18H2. The van der Waals surface area contributed by atoms with Crippen LogP contribution in [0, 0.1) is 0 Å². The van der Waals surface area contributed by atoms with Crippen LogP contribution in [-0.2, 0) is 0 Å². The topological polar surface area (TPSA) is 92.5 Å². The minimum atomic E-state index is -0.0809. The van der Waals surface area contributed by atoms with Gasteiger partial charge in [-0.05, 0) is 35.4 Å². The molecule has 0 aliphatic rings. The van der Waals surface area contributed by atoms with Crippen molar-refractivity contribution in [2.24, 2.45) is 11.5 Å². The summed E-state index contributed by atoms with van der Waals surface area (Å²) in [6.45, 7) is 0. The number of hydrogen-bond donors (Lipinski definition) is 4. The Labute approximate surface area is 128 Å². The maximum Gasteiger partial charge on any atom is 0.115 e. The summed E-state index contributed by atoms with van der Waals surface area (Å²) in [4.78, 5) is 0. The molecular weight excluding hydrogens is 284 g/mol. The summed E-state index contributed by atoms with van der Waals surface area (Å²) in [7, 11) is 0. The van der Waals surface area contributed by atoms with Gasteiger partial charge in [-0.1, -0.05) is 24.3 Å². The molecule has 0 amide bonds. The van der Waals surface area contributed by atoms with E-state index in [9.17, 15) is 10.2 Å². The zero-order valence-corrected chi connectivity index (χ0v) is 12.5.